The standard InChI is InChI=1S/C17H22Cl2N6O/c18-14-2-1-13(15(19)11-14)3-4-21-17-23-16(12-22-24-17)20-5-6-25-7-9-26-10-8-25/h1-2,11-12H,3-10H2,(H2,20,21,23,24). The minimum absolute atomic E-state index is 0.492. The molecular formula is C17H22Cl2N6O. The first-order valence-corrected chi connectivity index (χ1v) is 9.38. The molecule has 1 aromatic heterocycles. The molecule has 0 atom stereocenters. The second-order valence-electron chi connectivity index (χ2n) is 5.96. The van der Waals surface area contributed by atoms with Crippen molar-refractivity contribution in [1.82, 2.24) is 20.1 Å². The summed E-state index contributed by atoms with van der Waals surface area (Å²) >= 11 is 12.1. The van der Waals surface area contributed by atoms with Crippen LogP contribution in [0.1, 0.15) is 5.56 Å². The Bertz CT molecular complexity index is 711. The second-order valence-corrected chi connectivity index (χ2v) is 6.80. The summed E-state index contributed by atoms with van der Waals surface area (Å²) in [5.41, 5.74) is 1.02. The molecule has 0 spiro atoms. The van der Waals surface area contributed by atoms with Crippen molar-refractivity contribution in [3.8, 4) is 0 Å². The first kappa shape index (κ1) is 19.1. The van der Waals surface area contributed by atoms with Crippen molar-refractivity contribution < 1.29 is 4.74 Å². The zero-order valence-electron chi connectivity index (χ0n) is 14.4. The quantitative estimate of drug-likeness (QED) is 0.709. The van der Waals surface area contributed by atoms with Crippen LogP contribution in [-0.4, -0.2) is 66.0 Å². The predicted molar refractivity (Wildman–Crippen MR) is 104 cm³/mol. The van der Waals surface area contributed by atoms with Crippen LogP contribution in [0.3, 0.4) is 0 Å². The SMILES string of the molecule is Clc1ccc(CCNc2nncc(NCCN3CCOCC3)n2)c(Cl)c1. The van der Waals surface area contributed by atoms with E-state index >= 15 is 0 Å². The van der Waals surface area contributed by atoms with E-state index in [0.717, 1.165) is 51.4 Å². The van der Waals surface area contributed by atoms with Crippen molar-refractivity contribution >= 4 is 35.0 Å². The first-order valence-electron chi connectivity index (χ1n) is 8.62. The number of aromatic nitrogens is 3. The minimum Gasteiger partial charge on any atom is -0.379 e. The number of benzene rings is 1. The summed E-state index contributed by atoms with van der Waals surface area (Å²) in [4.78, 5) is 6.79. The zero-order valence-corrected chi connectivity index (χ0v) is 15.9. The topological polar surface area (TPSA) is 75.2 Å². The Morgan fingerprint density at radius 2 is 1.96 bits per heavy atom. The number of nitrogens with zero attached hydrogens (tertiary/aromatic N) is 4. The molecule has 3 rings (SSSR count). The monoisotopic (exact) mass is 396 g/mol. The summed E-state index contributed by atoms with van der Waals surface area (Å²) in [5.74, 6) is 1.20. The number of anilines is 2. The number of nitrogens with one attached hydrogen (secondary N) is 2. The molecule has 0 bridgehead atoms. The number of halogens is 2. The van der Waals surface area contributed by atoms with Gasteiger partial charge in [-0.25, -0.2) is 0 Å². The molecule has 2 heterocycles. The van der Waals surface area contributed by atoms with Gasteiger partial charge >= 0.3 is 0 Å². The Labute approximate surface area is 163 Å². The molecule has 26 heavy (non-hydrogen) atoms. The molecular weight excluding hydrogens is 375 g/mol. The fraction of sp³-hybridized carbons (Fsp3) is 0.471. The van der Waals surface area contributed by atoms with E-state index in [2.05, 4.69) is 30.7 Å². The molecule has 1 saturated heterocycles. The molecule has 1 fully saturated rings. The highest BCUT2D eigenvalue weighted by Gasteiger charge is 2.09. The molecule has 1 aromatic carbocycles. The summed E-state index contributed by atoms with van der Waals surface area (Å²) in [5, 5.41) is 15.8. The van der Waals surface area contributed by atoms with Crippen molar-refractivity contribution in [2.75, 3.05) is 56.6 Å². The summed E-state index contributed by atoms with van der Waals surface area (Å²) in [6.07, 6.45) is 2.37. The largest absolute Gasteiger partial charge is 0.379 e. The van der Waals surface area contributed by atoms with E-state index in [0.29, 0.717) is 28.4 Å². The Hall–Kier alpha value is -1.67. The molecule has 1 aliphatic heterocycles. The normalized spacial score (nSPS) is 15.0. The van der Waals surface area contributed by atoms with Gasteiger partial charge in [0.05, 0.1) is 19.4 Å². The minimum atomic E-state index is 0.492. The Morgan fingerprint density at radius 3 is 2.77 bits per heavy atom. The fourth-order valence-electron chi connectivity index (χ4n) is 2.66. The molecule has 2 aromatic rings. The Morgan fingerprint density at radius 1 is 1.12 bits per heavy atom. The lowest BCUT2D eigenvalue weighted by molar-refractivity contribution is 0.0398. The van der Waals surface area contributed by atoms with Crippen molar-refractivity contribution in [1.29, 1.82) is 0 Å². The van der Waals surface area contributed by atoms with Gasteiger partial charge in [-0.1, -0.05) is 29.3 Å². The van der Waals surface area contributed by atoms with Gasteiger partial charge in [0.15, 0.2) is 5.82 Å². The first-order chi connectivity index (χ1) is 12.7. The van der Waals surface area contributed by atoms with Gasteiger partial charge in [0.1, 0.15) is 0 Å². The van der Waals surface area contributed by atoms with E-state index in [1.165, 1.54) is 0 Å². The summed E-state index contributed by atoms with van der Waals surface area (Å²) in [7, 11) is 0. The van der Waals surface area contributed by atoms with Gasteiger partial charge < -0.3 is 15.4 Å². The van der Waals surface area contributed by atoms with E-state index in [1.54, 1.807) is 12.3 Å². The van der Waals surface area contributed by atoms with E-state index < -0.39 is 0 Å². The summed E-state index contributed by atoms with van der Waals surface area (Å²) < 4.78 is 5.35. The lowest BCUT2D eigenvalue weighted by Gasteiger charge is -2.26. The maximum atomic E-state index is 6.18. The molecule has 1 aliphatic rings. The van der Waals surface area contributed by atoms with Gasteiger partial charge in [0, 0.05) is 42.8 Å². The van der Waals surface area contributed by atoms with E-state index in [9.17, 15) is 0 Å². The Kier molecular flexibility index (Phi) is 7.25. The summed E-state index contributed by atoms with van der Waals surface area (Å²) in [6, 6.07) is 5.50. The molecule has 0 radical (unpaired) electrons. The van der Waals surface area contributed by atoms with Crippen molar-refractivity contribution in [2.24, 2.45) is 0 Å². The van der Waals surface area contributed by atoms with Crippen molar-refractivity contribution in [3.05, 3.63) is 40.0 Å². The molecule has 7 nitrogen and oxygen atoms in total. The van der Waals surface area contributed by atoms with Crippen LogP contribution in [0.15, 0.2) is 24.4 Å². The zero-order chi connectivity index (χ0) is 18.2. The highest BCUT2D eigenvalue weighted by atomic mass is 35.5. The van der Waals surface area contributed by atoms with Crippen LogP contribution in [0, 0.1) is 0 Å². The Balaban J connectivity index is 1.43. The number of morpholine rings is 1. The smallest absolute Gasteiger partial charge is 0.244 e. The average Bonchev–Trinajstić information content (AvgIpc) is 2.65. The maximum absolute atomic E-state index is 6.18. The van der Waals surface area contributed by atoms with Crippen molar-refractivity contribution in [2.45, 2.75) is 6.42 Å². The van der Waals surface area contributed by atoms with Crippen LogP contribution in [0.4, 0.5) is 11.8 Å². The van der Waals surface area contributed by atoms with Gasteiger partial charge in [-0.05, 0) is 24.1 Å². The van der Waals surface area contributed by atoms with Gasteiger partial charge in [-0.2, -0.15) is 10.1 Å². The van der Waals surface area contributed by atoms with Gasteiger partial charge in [-0.15, -0.1) is 5.10 Å². The summed E-state index contributed by atoms with van der Waals surface area (Å²) in [6.45, 7) is 5.97. The van der Waals surface area contributed by atoms with Crippen LogP contribution >= 0.6 is 23.2 Å². The van der Waals surface area contributed by atoms with Crippen LogP contribution in [0.2, 0.25) is 10.0 Å². The second kappa shape index (κ2) is 9.87. The molecule has 9 heteroatoms. The van der Waals surface area contributed by atoms with Crippen LogP contribution in [0.25, 0.3) is 0 Å². The highest BCUT2D eigenvalue weighted by Crippen LogP contribution is 2.21. The van der Waals surface area contributed by atoms with Gasteiger partial charge in [-0.3, -0.25) is 4.90 Å². The predicted octanol–water partition coefficient (Wildman–Crippen LogP) is 2.58. The maximum Gasteiger partial charge on any atom is 0.244 e. The average molecular weight is 397 g/mol. The van der Waals surface area contributed by atoms with E-state index in [-0.39, 0.29) is 0 Å². The third-order valence-corrected chi connectivity index (χ3v) is 4.68. The van der Waals surface area contributed by atoms with Crippen LogP contribution < -0.4 is 10.6 Å². The number of rotatable bonds is 8. The molecule has 0 saturated carbocycles. The molecule has 0 aliphatic carbocycles. The fourth-order valence-corrected chi connectivity index (χ4v) is 3.17. The highest BCUT2D eigenvalue weighted by molar-refractivity contribution is 6.35. The van der Waals surface area contributed by atoms with Crippen LogP contribution in [-0.2, 0) is 11.2 Å². The van der Waals surface area contributed by atoms with E-state index in [1.807, 2.05) is 12.1 Å². The number of hydrogen-bond donors (Lipinski definition) is 2. The lowest BCUT2D eigenvalue weighted by Crippen LogP contribution is -2.39. The van der Waals surface area contributed by atoms with Gasteiger partial charge in [0.25, 0.3) is 0 Å². The molecule has 0 unspecified atom stereocenters. The molecule has 0 amide bonds. The molecule has 140 valence electrons. The number of hydrogen-bond acceptors (Lipinski definition) is 7. The van der Waals surface area contributed by atoms with Crippen molar-refractivity contribution in [3.63, 3.8) is 0 Å². The molecule has 2 N–H and O–H groups in total. The number of ether oxygens (including phenoxy) is 1. The van der Waals surface area contributed by atoms with Gasteiger partial charge in [0.2, 0.25) is 5.95 Å². The lowest BCUT2D eigenvalue weighted by atomic mass is 10.1. The third-order valence-electron chi connectivity index (χ3n) is 4.09. The van der Waals surface area contributed by atoms with E-state index in [4.69, 9.17) is 27.9 Å². The van der Waals surface area contributed by atoms with Crippen LogP contribution in [0.5, 0.6) is 0 Å². The third kappa shape index (κ3) is 5.95.